The number of anilines is 1. The summed E-state index contributed by atoms with van der Waals surface area (Å²) in [6.07, 6.45) is 8.70. The second kappa shape index (κ2) is 6.95. The maximum atomic E-state index is 3.60. The van der Waals surface area contributed by atoms with E-state index in [4.69, 9.17) is 0 Å². The number of hydrogen-bond donors (Lipinski definition) is 1. The van der Waals surface area contributed by atoms with Crippen LogP contribution in [-0.4, -0.2) is 30.6 Å². The maximum absolute atomic E-state index is 3.60. The Kier molecular flexibility index (Phi) is 5.00. The number of benzene rings is 1. The largest absolute Gasteiger partial charge is 0.383 e. The monoisotopic (exact) mass is 336 g/mol. The summed E-state index contributed by atoms with van der Waals surface area (Å²) < 4.78 is 1.16. The van der Waals surface area contributed by atoms with Gasteiger partial charge in [0.15, 0.2) is 0 Å². The zero-order chi connectivity index (χ0) is 13.8. The van der Waals surface area contributed by atoms with Crippen LogP contribution < -0.4 is 5.32 Å². The number of nitrogens with one attached hydrogen (secondary N) is 1. The second-order valence-electron chi connectivity index (χ2n) is 6.20. The molecule has 0 aromatic heterocycles. The number of nitrogens with zero attached hydrogens (tertiary/aromatic N) is 1. The zero-order valence-electron chi connectivity index (χ0n) is 12.2. The van der Waals surface area contributed by atoms with Crippen molar-refractivity contribution < 1.29 is 0 Å². The Balaban J connectivity index is 1.49. The van der Waals surface area contributed by atoms with Crippen LogP contribution in [0.15, 0.2) is 28.7 Å². The molecule has 1 saturated carbocycles. The summed E-state index contributed by atoms with van der Waals surface area (Å²) >= 11 is 3.60. The van der Waals surface area contributed by atoms with Crippen molar-refractivity contribution in [3.8, 4) is 0 Å². The normalized spacial score (nSPS) is 24.4. The molecule has 0 amide bonds. The van der Waals surface area contributed by atoms with Crippen LogP contribution in [0.2, 0.25) is 0 Å². The van der Waals surface area contributed by atoms with Crippen molar-refractivity contribution in [3.05, 3.63) is 28.7 Å². The summed E-state index contributed by atoms with van der Waals surface area (Å²) in [6.45, 7) is 3.53. The Labute approximate surface area is 131 Å². The Morgan fingerprint density at radius 2 is 1.90 bits per heavy atom. The molecule has 1 unspecified atom stereocenters. The van der Waals surface area contributed by atoms with Crippen molar-refractivity contribution in [2.75, 3.05) is 25.0 Å². The molecule has 1 saturated heterocycles. The SMILES string of the molecule is Brc1ccccc1NCCN1CCCC1C1CCCC1. The third-order valence-corrected chi connectivity index (χ3v) is 5.64. The van der Waals surface area contributed by atoms with E-state index in [0.717, 1.165) is 23.0 Å². The average molecular weight is 337 g/mol. The molecule has 1 aliphatic carbocycles. The number of likely N-dealkylation sites (tertiary alicyclic amines) is 1. The fraction of sp³-hybridized carbons (Fsp3) is 0.647. The lowest BCUT2D eigenvalue weighted by Gasteiger charge is -2.29. The van der Waals surface area contributed by atoms with Gasteiger partial charge in [-0.15, -0.1) is 0 Å². The minimum atomic E-state index is 0.874. The van der Waals surface area contributed by atoms with Crippen LogP contribution in [0.25, 0.3) is 0 Å². The molecular formula is C17H25BrN2. The summed E-state index contributed by atoms with van der Waals surface area (Å²) in [7, 11) is 0. The van der Waals surface area contributed by atoms with Crippen molar-refractivity contribution in [3.63, 3.8) is 0 Å². The number of hydrogen-bond acceptors (Lipinski definition) is 2. The molecule has 2 aliphatic rings. The topological polar surface area (TPSA) is 15.3 Å². The van der Waals surface area contributed by atoms with E-state index in [0.29, 0.717) is 0 Å². The molecule has 20 heavy (non-hydrogen) atoms. The van der Waals surface area contributed by atoms with Crippen molar-refractivity contribution in [2.45, 2.75) is 44.6 Å². The van der Waals surface area contributed by atoms with Crippen molar-refractivity contribution in [2.24, 2.45) is 5.92 Å². The van der Waals surface area contributed by atoms with Gasteiger partial charge in [-0.25, -0.2) is 0 Å². The van der Waals surface area contributed by atoms with Gasteiger partial charge in [0.05, 0.1) is 0 Å². The highest BCUT2D eigenvalue weighted by atomic mass is 79.9. The zero-order valence-corrected chi connectivity index (χ0v) is 13.7. The fourth-order valence-electron chi connectivity index (χ4n) is 3.94. The lowest BCUT2D eigenvalue weighted by atomic mass is 9.96. The van der Waals surface area contributed by atoms with Crippen LogP contribution in [0.5, 0.6) is 0 Å². The maximum Gasteiger partial charge on any atom is 0.0485 e. The summed E-state index contributed by atoms with van der Waals surface area (Å²) in [4.78, 5) is 2.74. The van der Waals surface area contributed by atoms with Gasteiger partial charge < -0.3 is 5.32 Å². The van der Waals surface area contributed by atoms with Gasteiger partial charge in [-0.1, -0.05) is 25.0 Å². The van der Waals surface area contributed by atoms with Gasteiger partial charge in [0, 0.05) is 29.3 Å². The minimum Gasteiger partial charge on any atom is -0.383 e. The number of rotatable bonds is 5. The molecule has 0 bridgehead atoms. The molecule has 3 heteroatoms. The highest BCUT2D eigenvalue weighted by molar-refractivity contribution is 9.10. The fourth-order valence-corrected chi connectivity index (χ4v) is 4.37. The van der Waals surface area contributed by atoms with E-state index >= 15 is 0 Å². The van der Waals surface area contributed by atoms with Gasteiger partial charge in [-0.3, -0.25) is 4.90 Å². The van der Waals surface area contributed by atoms with Crippen molar-refractivity contribution in [1.29, 1.82) is 0 Å². The second-order valence-corrected chi connectivity index (χ2v) is 7.05. The summed E-state index contributed by atoms with van der Waals surface area (Å²) in [6, 6.07) is 9.26. The molecule has 0 radical (unpaired) electrons. The standard InChI is InChI=1S/C17H25BrN2/c18-15-8-3-4-9-16(15)19-11-13-20-12-5-10-17(20)14-6-1-2-7-14/h3-4,8-9,14,17,19H,1-2,5-7,10-13H2. The molecule has 1 atom stereocenters. The van der Waals surface area contributed by atoms with Crippen LogP contribution in [-0.2, 0) is 0 Å². The summed E-state index contributed by atoms with van der Waals surface area (Å²) in [5.41, 5.74) is 1.21. The van der Waals surface area contributed by atoms with Crippen LogP contribution in [0.3, 0.4) is 0 Å². The van der Waals surface area contributed by atoms with Crippen LogP contribution in [0, 0.1) is 5.92 Å². The number of para-hydroxylation sites is 1. The molecule has 1 heterocycles. The summed E-state index contributed by atoms with van der Waals surface area (Å²) in [5, 5.41) is 3.56. The smallest absolute Gasteiger partial charge is 0.0485 e. The van der Waals surface area contributed by atoms with Gasteiger partial charge in [-0.2, -0.15) is 0 Å². The van der Waals surface area contributed by atoms with E-state index in [9.17, 15) is 0 Å². The highest BCUT2D eigenvalue weighted by Crippen LogP contribution is 2.35. The molecule has 1 aromatic carbocycles. The first-order valence-corrected chi connectivity index (χ1v) is 8.86. The first-order chi connectivity index (χ1) is 9.84. The van der Waals surface area contributed by atoms with Gasteiger partial charge in [-0.05, 0) is 66.2 Å². The average Bonchev–Trinajstić information content (AvgIpc) is 3.11. The molecule has 1 N–H and O–H groups in total. The van der Waals surface area contributed by atoms with Crippen LogP contribution >= 0.6 is 15.9 Å². The molecule has 2 nitrogen and oxygen atoms in total. The van der Waals surface area contributed by atoms with Gasteiger partial charge in [0.25, 0.3) is 0 Å². The summed E-state index contributed by atoms with van der Waals surface area (Å²) in [5.74, 6) is 0.987. The quantitative estimate of drug-likeness (QED) is 0.850. The lowest BCUT2D eigenvalue weighted by Crippen LogP contribution is -2.37. The van der Waals surface area contributed by atoms with E-state index in [2.05, 4.69) is 50.4 Å². The molecule has 1 aromatic rings. The Morgan fingerprint density at radius 1 is 1.10 bits per heavy atom. The van der Waals surface area contributed by atoms with Crippen LogP contribution in [0.4, 0.5) is 5.69 Å². The first kappa shape index (κ1) is 14.4. The first-order valence-electron chi connectivity index (χ1n) is 8.07. The van der Waals surface area contributed by atoms with E-state index < -0.39 is 0 Å². The lowest BCUT2D eigenvalue weighted by molar-refractivity contribution is 0.197. The van der Waals surface area contributed by atoms with Crippen LogP contribution in [0.1, 0.15) is 38.5 Å². The number of halogens is 1. The Bertz CT molecular complexity index is 429. The Hall–Kier alpha value is -0.540. The molecule has 0 spiro atoms. The predicted molar refractivity (Wildman–Crippen MR) is 89.2 cm³/mol. The van der Waals surface area contributed by atoms with E-state index in [1.165, 1.54) is 57.3 Å². The highest BCUT2D eigenvalue weighted by Gasteiger charge is 2.32. The van der Waals surface area contributed by atoms with E-state index in [1.54, 1.807) is 0 Å². The minimum absolute atomic E-state index is 0.874. The Morgan fingerprint density at radius 3 is 2.70 bits per heavy atom. The predicted octanol–water partition coefficient (Wildman–Crippen LogP) is 4.52. The van der Waals surface area contributed by atoms with Crippen molar-refractivity contribution in [1.82, 2.24) is 4.90 Å². The van der Waals surface area contributed by atoms with Crippen molar-refractivity contribution >= 4 is 21.6 Å². The molecule has 3 rings (SSSR count). The van der Waals surface area contributed by atoms with E-state index in [-0.39, 0.29) is 0 Å². The molecule has 1 aliphatic heterocycles. The molecule has 2 fully saturated rings. The molecular weight excluding hydrogens is 312 g/mol. The third kappa shape index (κ3) is 3.37. The van der Waals surface area contributed by atoms with Gasteiger partial charge in [0.1, 0.15) is 0 Å². The van der Waals surface area contributed by atoms with E-state index in [1.807, 2.05) is 0 Å². The molecule has 110 valence electrons. The van der Waals surface area contributed by atoms with Gasteiger partial charge in [0.2, 0.25) is 0 Å². The van der Waals surface area contributed by atoms with Gasteiger partial charge >= 0.3 is 0 Å². The third-order valence-electron chi connectivity index (χ3n) is 4.95.